The number of nitrogens with two attached hydrogens (primary N) is 1. The van der Waals surface area contributed by atoms with Crippen molar-refractivity contribution in [2.75, 3.05) is 12.3 Å². The highest BCUT2D eigenvalue weighted by molar-refractivity contribution is 7.18. The van der Waals surface area contributed by atoms with E-state index in [4.69, 9.17) is 10.5 Å². The first-order valence-electron chi connectivity index (χ1n) is 4.48. The van der Waals surface area contributed by atoms with Crippen molar-refractivity contribution in [1.82, 2.24) is 9.97 Å². The summed E-state index contributed by atoms with van der Waals surface area (Å²) in [6, 6.07) is 2.00. The number of aromatic nitrogens is 2. The van der Waals surface area contributed by atoms with Crippen LogP contribution in [-0.2, 0) is 0 Å². The van der Waals surface area contributed by atoms with Gasteiger partial charge in [0.05, 0.1) is 5.39 Å². The van der Waals surface area contributed by atoms with Crippen LogP contribution in [0.5, 0.6) is 5.88 Å². The Balaban J connectivity index is 2.54. The number of hydrogen-bond acceptors (Lipinski definition) is 5. The Morgan fingerprint density at radius 1 is 1.60 bits per heavy atom. The van der Waals surface area contributed by atoms with Crippen molar-refractivity contribution in [1.29, 1.82) is 0 Å². The molecule has 15 heavy (non-hydrogen) atoms. The largest absolute Gasteiger partial charge is 0.473 e. The molecule has 0 aromatic carbocycles. The second-order valence-electron chi connectivity index (χ2n) is 3.06. The third kappa shape index (κ3) is 1.92. The number of nitrogens with zero attached hydrogens (tertiary/aromatic N) is 2. The average molecular weight is 221 g/mol. The Labute approximate surface area is 91.4 Å². The summed E-state index contributed by atoms with van der Waals surface area (Å²) in [5.41, 5.74) is 5.58. The lowest BCUT2D eigenvalue weighted by molar-refractivity contribution is 0.354. The summed E-state index contributed by atoms with van der Waals surface area (Å²) in [5.74, 6) is 0.769. The molecule has 2 aromatic heterocycles. The zero-order chi connectivity index (χ0) is 10.8. The predicted octanol–water partition coefficient (Wildman–Crippen LogP) is 2.15. The van der Waals surface area contributed by atoms with Gasteiger partial charge in [-0.05, 0) is 13.0 Å². The molecule has 0 amide bonds. The minimum atomic E-state index is 0.239. The number of thiophene rings is 1. The molecule has 0 saturated carbocycles. The molecule has 2 heterocycles. The van der Waals surface area contributed by atoms with Crippen molar-refractivity contribution < 1.29 is 4.74 Å². The predicted molar refractivity (Wildman–Crippen MR) is 62.3 cm³/mol. The van der Waals surface area contributed by atoms with Crippen LogP contribution in [0, 0.1) is 6.92 Å². The first kappa shape index (κ1) is 9.92. The van der Waals surface area contributed by atoms with Crippen LogP contribution in [0.2, 0.25) is 0 Å². The highest BCUT2D eigenvalue weighted by atomic mass is 32.1. The summed E-state index contributed by atoms with van der Waals surface area (Å²) in [5, 5.41) is 0.911. The maximum atomic E-state index is 5.58. The lowest BCUT2D eigenvalue weighted by Gasteiger charge is -2.03. The highest BCUT2D eigenvalue weighted by Crippen LogP contribution is 2.30. The Hall–Kier alpha value is -1.62. The van der Waals surface area contributed by atoms with E-state index in [0.29, 0.717) is 12.5 Å². The van der Waals surface area contributed by atoms with Crippen molar-refractivity contribution in [2.45, 2.75) is 6.92 Å². The zero-order valence-electron chi connectivity index (χ0n) is 8.36. The maximum absolute atomic E-state index is 5.58. The zero-order valence-corrected chi connectivity index (χ0v) is 9.17. The maximum Gasteiger partial charge on any atom is 0.227 e. The van der Waals surface area contributed by atoms with Crippen molar-refractivity contribution in [3.63, 3.8) is 0 Å². The molecule has 4 nitrogen and oxygen atoms in total. The molecule has 0 saturated heterocycles. The van der Waals surface area contributed by atoms with Crippen LogP contribution in [0.1, 0.15) is 4.88 Å². The van der Waals surface area contributed by atoms with Crippen LogP contribution in [0.25, 0.3) is 10.2 Å². The highest BCUT2D eigenvalue weighted by Gasteiger charge is 2.09. The normalized spacial score (nSPS) is 10.5. The smallest absolute Gasteiger partial charge is 0.227 e. The van der Waals surface area contributed by atoms with E-state index < -0.39 is 0 Å². The van der Waals surface area contributed by atoms with Crippen molar-refractivity contribution in [3.8, 4) is 5.88 Å². The fourth-order valence-corrected chi connectivity index (χ4v) is 2.16. The second kappa shape index (κ2) is 3.86. The van der Waals surface area contributed by atoms with Gasteiger partial charge in [-0.25, -0.2) is 4.98 Å². The molecule has 0 radical (unpaired) electrons. The van der Waals surface area contributed by atoms with Gasteiger partial charge in [0.15, 0.2) is 0 Å². The first-order valence-corrected chi connectivity index (χ1v) is 5.29. The van der Waals surface area contributed by atoms with Crippen molar-refractivity contribution in [3.05, 3.63) is 23.6 Å². The number of anilines is 1. The Morgan fingerprint density at radius 2 is 2.40 bits per heavy atom. The molecule has 0 fully saturated rings. The molecular weight excluding hydrogens is 210 g/mol. The molecule has 0 aliphatic carbocycles. The molecule has 2 N–H and O–H groups in total. The number of hydrogen-bond donors (Lipinski definition) is 1. The van der Waals surface area contributed by atoms with Crippen LogP contribution in [0.15, 0.2) is 18.7 Å². The number of rotatable bonds is 3. The fourth-order valence-electron chi connectivity index (χ4n) is 1.28. The summed E-state index contributed by atoms with van der Waals surface area (Å²) >= 11 is 1.58. The summed E-state index contributed by atoms with van der Waals surface area (Å²) in [7, 11) is 0. The van der Waals surface area contributed by atoms with Crippen LogP contribution < -0.4 is 10.5 Å². The molecule has 0 atom stereocenters. The van der Waals surface area contributed by atoms with Gasteiger partial charge in [-0.3, -0.25) is 0 Å². The van der Waals surface area contributed by atoms with Gasteiger partial charge in [0.2, 0.25) is 11.8 Å². The molecule has 0 aliphatic rings. The molecule has 5 heteroatoms. The van der Waals surface area contributed by atoms with Crippen molar-refractivity contribution in [2.24, 2.45) is 0 Å². The molecule has 78 valence electrons. The van der Waals surface area contributed by atoms with Crippen LogP contribution in [0.4, 0.5) is 5.95 Å². The van der Waals surface area contributed by atoms with E-state index in [2.05, 4.69) is 16.5 Å². The van der Waals surface area contributed by atoms with Gasteiger partial charge in [0.25, 0.3) is 0 Å². The number of fused-ring (bicyclic) bond motifs is 1. The molecular formula is C10H11N3OS. The first-order chi connectivity index (χ1) is 7.20. The van der Waals surface area contributed by atoms with E-state index in [-0.39, 0.29) is 5.95 Å². The van der Waals surface area contributed by atoms with Crippen molar-refractivity contribution >= 4 is 27.5 Å². The van der Waals surface area contributed by atoms with E-state index in [1.807, 2.05) is 13.0 Å². The minimum Gasteiger partial charge on any atom is -0.473 e. The summed E-state index contributed by atoms with van der Waals surface area (Å²) in [6.45, 7) is 6.02. The molecule has 2 aromatic rings. The van der Waals surface area contributed by atoms with Gasteiger partial charge < -0.3 is 10.5 Å². The van der Waals surface area contributed by atoms with E-state index >= 15 is 0 Å². The van der Waals surface area contributed by atoms with Gasteiger partial charge in [-0.2, -0.15) is 4.98 Å². The molecule has 0 aliphatic heterocycles. The quantitative estimate of drug-likeness (QED) is 0.807. The van der Waals surface area contributed by atoms with Gasteiger partial charge in [-0.1, -0.05) is 12.7 Å². The summed E-state index contributed by atoms with van der Waals surface area (Å²) in [4.78, 5) is 10.2. The number of nitrogen functional groups attached to an aromatic ring is 1. The molecule has 0 bridgehead atoms. The Bertz CT molecular complexity index is 507. The van der Waals surface area contributed by atoms with Gasteiger partial charge in [0.1, 0.15) is 11.4 Å². The molecule has 2 rings (SSSR count). The van der Waals surface area contributed by atoms with Gasteiger partial charge >= 0.3 is 0 Å². The van der Waals surface area contributed by atoms with Crippen LogP contribution >= 0.6 is 11.3 Å². The average Bonchev–Trinajstić information content (AvgIpc) is 2.54. The standard InChI is InChI=1S/C10H11N3OS/c1-3-4-14-8-7-5-6(2)15-9(7)13-10(11)12-8/h3,5H,1,4H2,2H3,(H2,11,12,13). The third-order valence-electron chi connectivity index (χ3n) is 1.84. The number of ether oxygens (including phenoxy) is 1. The van der Waals surface area contributed by atoms with E-state index in [1.165, 1.54) is 0 Å². The monoisotopic (exact) mass is 221 g/mol. The van der Waals surface area contributed by atoms with E-state index in [1.54, 1.807) is 17.4 Å². The number of aryl methyl sites for hydroxylation is 1. The topological polar surface area (TPSA) is 61.0 Å². The molecule has 0 unspecified atom stereocenters. The molecule has 0 spiro atoms. The Kier molecular flexibility index (Phi) is 2.55. The van der Waals surface area contributed by atoms with E-state index in [0.717, 1.165) is 15.1 Å². The summed E-state index contributed by atoms with van der Waals surface area (Å²) < 4.78 is 5.42. The van der Waals surface area contributed by atoms with Crippen LogP contribution in [-0.4, -0.2) is 16.6 Å². The van der Waals surface area contributed by atoms with Gasteiger partial charge in [-0.15, -0.1) is 11.3 Å². The SMILES string of the molecule is C=CCOc1nc(N)nc2sc(C)cc12. The second-order valence-corrected chi connectivity index (χ2v) is 4.30. The third-order valence-corrected chi connectivity index (χ3v) is 2.78. The fraction of sp³-hybridized carbons (Fsp3) is 0.200. The summed E-state index contributed by atoms with van der Waals surface area (Å²) in [6.07, 6.45) is 1.67. The Morgan fingerprint density at radius 3 is 3.13 bits per heavy atom. The van der Waals surface area contributed by atoms with Gasteiger partial charge in [0, 0.05) is 4.88 Å². The van der Waals surface area contributed by atoms with Crippen LogP contribution in [0.3, 0.4) is 0 Å². The lowest BCUT2D eigenvalue weighted by Crippen LogP contribution is -2.00. The van der Waals surface area contributed by atoms with E-state index in [9.17, 15) is 0 Å². The minimum absolute atomic E-state index is 0.239. The lowest BCUT2D eigenvalue weighted by atomic mass is 10.3.